The summed E-state index contributed by atoms with van der Waals surface area (Å²) in [5.41, 5.74) is 0.629. The molecule has 1 saturated heterocycles. The van der Waals surface area contributed by atoms with E-state index in [9.17, 15) is 13.6 Å². The SMILES string of the molecule is Cc1ncc(CC(=O)CC2CCC(CCN3C[C@@H]4C[C@]4(c4cc(C(C)(F)F)on4)C3)CC2)o1. The summed E-state index contributed by atoms with van der Waals surface area (Å²) in [6, 6.07) is 1.47. The Balaban J connectivity index is 1.03. The van der Waals surface area contributed by atoms with Gasteiger partial charge in [0.1, 0.15) is 11.5 Å². The molecule has 3 fully saturated rings. The molecular weight excluding hydrogens is 428 g/mol. The Bertz CT molecular complexity index is 989. The molecule has 180 valence electrons. The van der Waals surface area contributed by atoms with Crippen LogP contribution in [0.2, 0.25) is 0 Å². The molecule has 0 N–H and O–H groups in total. The van der Waals surface area contributed by atoms with Crippen molar-refractivity contribution >= 4 is 5.78 Å². The maximum Gasteiger partial charge on any atom is 0.304 e. The second kappa shape index (κ2) is 8.60. The van der Waals surface area contributed by atoms with Crippen LogP contribution in [-0.4, -0.2) is 40.5 Å². The number of aromatic nitrogens is 2. The van der Waals surface area contributed by atoms with Crippen LogP contribution in [0, 0.1) is 24.7 Å². The van der Waals surface area contributed by atoms with Crippen LogP contribution >= 0.6 is 0 Å². The normalized spacial score (nSPS) is 29.9. The predicted octanol–water partition coefficient (Wildman–Crippen LogP) is 5.05. The first-order valence-electron chi connectivity index (χ1n) is 12.2. The molecule has 0 spiro atoms. The van der Waals surface area contributed by atoms with E-state index in [0.29, 0.717) is 47.9 Å². The molecule has 3 heterocycles. The minimum absolute atomic E-state index is 0.0763. The van der Waals surface area contributed by atoms with Crippen LogP contribution in [-0.2, 0) is 22.6 Å². The third-order valence-corrected chi connectivity index (χ3v) is 8.05. The number of ketones is 1. The van der Waals surface area contributed by atoms with Gasteiger partial charge in [0.2, 0.25) is 5.76 Å². The fraction of sp³-hybridized carbons (Fsp3) is 0.720. The molecule has 1 aliphatic heterocycles. The Morgan fingerprint density at radius 1 is 1.27 bits per heavy atom. The number of oxazole rings is 1. The lowest BCUT2D eigenvalue weighted by molar-refractivity contribution is -0.119. The number of carbonyl (C=O) groups excluding carboxylic acids is 1. The van der Waals surface area contributed by atoms with Gasteiger partial charge in [-0.15, -0.1) is 0 Å². The van der Waals surface area contributed by atoms with Gasteiger partial charge in [0, 0.05) is 44.8 Å². The topological polar surface area (TPSA) is 72.4 Å². The first-order chi connectivity index (χ1) is 15.7. The molecule has 5 rings (SSSR count). The first kappa shape index (κ1) is 22.7. The minimum Gasteiger partial charge on any atom is -0.446 e. The van der Waals surface area contributed by atoms with Crippen LogP contribution in [0.25, 0.3) is 0 Å². The van der Waals surface area contributed by atoms with Gasteiger partial charge in [0.25, 0.3) is 0 Å². The smallest absolute Gasteiger partial charge is 0.304 e. The van der Waals surface area contributed by atoms with Gasteiger partial charge in [-0.25, -0.2) is 4.98 Å². The molecule has 0 unspecified atom stereocenters. The van der Waals surface area contributed by atoms with Gasteiger partial charge in [-0.05, 0) is 50.0 Å². The van der Waals surface area contributed by atoms with Crippen LogP contribution in [0.15, 0.2) is 21.2 Å². The largest absolute Gasteiger partial charge is 0.446 e. The number of halogens is 2. The second-order valence-corrected chi connectivity index (χ2v) is 10.7. The Kier molecular flexibility index (Phi) is 5.91. The van der Waals surface area contributed by atoms with Crippen LogP contribution in [0.5, 0.6) is 0 Å². The van der Waals surface area contributed by atoms with Crippen molar-refractivity contribution in [3.8, 4) is 0 Å². The van der Waals surface area contributed by atoms with Crippen molar-refractivity contribution < 1.29 is 22.5 Å². The average Bonchev–Trinajstić information content (AvgIpc) is 3.18. The maximum absolute atomic E-state index is 13.5. The van der Waals surface area contributed by atoms with E-state index < -0.39 is 5.92 Å². The molecule has 2 aromatic heterocycles. The highest BCUT2D eigenvalue weighted by atomic mass is 19.3. The van der Waals surface area contributed by atoms with E-state index in [2.05, 4.69) is 15.0 Å². The number of fused-ring (bicyclic) bond motifs is 1. The standard InChI is InChI=1S/C25H33F2N3O3/c1-16-28-13-21(32-16)10-20(31)9-18-5-3-17(4-6-18)7-8-30-14-19-12-25(19,15-30)22-11-23(33-29-22)24(2,26)27/h11,13,17-19H,3-10,12,14-15H2,1-2H3/t17?,18?,19-,25-/m0/s1. The molecule has 2 atom stereocenters. The Hall–Kier alpha value is -2.09. The number of aryl methyl sites for hydroxylation is 1. The van der Waals surface area contributed by atoms with Crippen molar-refractivity contribution in [1.82, 2.24) is 15.0 Å². The lowest BCUT2D eigenvalue weighted by Gasteiger charge is -2.30. The zero-order valence-electron chi connectivity index (χ0n) is 19.5. The first-order valence-corrected chi connectivity index (χ1v) is 12.2. The van der Waals surface area contributed by atoms with Crippen molar-refractivity contribution in [2.24, 2.45) is 17.8 Å². The third-order valence-electron chi connectivity index (χ3n) is 8.05. The highest BCUT2D eigenvalue weighted by Crippen LogP contribution is 2.59. The summed E-state index contributed by atoms with van der Waals surface area (Å²) >= 11 is 0. The molecule has 0 aromatic carbocycles. The summed E-state index contributed by atoms with van der Waals surface area (Å²) in [5, 5.41) is 4.00. The number of rotatable bonds is 9. The van der Waals surface area contributed by atoms with E-state index in [1.165, 1.54) is 18.9 Å². The van der Waals surface area contributed by atoms with Gasteiger partial charge in [0.15, 0.2) is 5.89 Å². The zero-order valence-corrected chi connectivity index (χ0v) is 19.5. The lowest BCUT2D eigenvalue weighted by Crippen LogP contribution is -2.29. The number of hydrogen-bond donors (Lipinski definition) is 0. The van der Waals surface area contributed by atoms with E-state index in [-0.39, 0.29) is 17.0 Å². The van der Waals surface area contributed by atoms with Crippen molar-refractivity contribution in [1.29, 1.82) is 0 Å². The zero-order chi connectivity index (χ0) is 23.2. The van der Waals surface area contributed by atoms with E-state index >= 15 is 0 Å². The molecule has 0 amide bonds. The highest BCUT2D eigenvalue weighted by molar-refractivity contribution is 5.80. The van der Waals surface area contributed by atoms with E-state index in [4.69, 9.17) is 8.94 Å². The van der Waals surface area contributed by atoms with Gasteiger partial charge in [-0.2, -0.15) is 8.78 Å². The Morgan fingerprint density at radius 3 is 2.70 bits per heavy atom. The summed E-state index contributed by atoms with van der Waals surface area (Å²) in [4.78, 5) is 18.9. The molecule has 33 heavy (non-hydrogen) atoms. The number of likely N-dealkylation sites (tertiary alicyclic amines) is 1. The third kappa shape index (κ3) is 4.91. The molecule has 8 heteroatoms. The van der Waals surface area contributed by atoms with Crippen LogP contribution in [0.1, 0.15) is 75.0 Å². The Labute approximate surface area is 193 Å². The van der Waals surface area contributed by atoms with Gasteiger partial charge in [-0.1, -0.05) is 18.0 Å². The van der Waals surface area contributed by atoms with Crippen molar-refractivity contribution in [2.45, 2.75) is 76.6 Å². The number of piperidine rings is 1. The fourth-order valence-electron chi connectivity index (χ4n) is 6.04. The number of hydrogen-bond acceptors (Lipinski definition) is 6. The molecule has 2 saturated carbocycles. The van der Waals surface area contributed by atoms with Crippen molar-refractivity contribution in [2.75, 3.05) is 19.6 Å². The van der Waals surface area contributed by atoms with Crippen LogP contribution in [0.3, 0.4) is 0 Å². The van der Waals surface area contributed by atoms with Crippen LogP contribution < -0.4 is 0 Å². The van der Waals surface area contributed by atoms with Gasteiger partial charge in [-0.3, -0.25) is 4.79 Å². The summed E-state index contributed by atoms with van der Waals surface area (Å²) in [6.07, 6.45) is 9.42. The van der Waals surface area contributed by atoms with Gasteiger partial charge in [0.05, 0.1) is 18.3 Å². The quantitative estimate of drug-likeness (QED) is 0.520. The van der Waals surface area contributed by atoms with E-state index in [1.807, 2.05) is 0 Å². The predicted molar refractivity (Wildman–Crippen MR) is 117 cm³/mol. The van der Waals surface area contributed by atoms with Crippen LogP contribution in [0.4, 0.5) is 8.78 Å². The second-order valence-electron chi connectivity index (χ2n) is 10.7. The average molecular weight is 462 g/mol. The lowest BCUT2D eigenvalue weighted by atomic mass is 9.78. The minimum atomic E-state index is -2.98. The molecule has 2 aliphatic carbocycles. The molecule has 2 aromatic rings. The van der Waals surface area contributed by atoms with Crippen molar-refractivity contribution in [3.63, 3.8) is 0 Å². The molecule has 6 nitrogen and oxygen atoms in total. The fourth-order valence-corrected chi connectivity index (χ4v) is 6.04. The monoisotopic (exact) mass is 461 g/mol. The summed E-state index contributed by atoms with van der Waals surface area (Å²) in [7, 11) is 0. The van der Waals surface area contributed by atoms with Gasteiger partial charge < -0.3 is 13.8 Å². The molecule has 3 aliphatic rings. The van der Waals surface area contributed by atoms with E-state index in [0.717, 1.165) is 52.2 Å². The maximum atomic E-state index is 13.5. The Morgan fingerprint density at radius 2 is 2.03 bits per heavy atom. The molecule has 0 radical (unpaired) electrons. The summed E-state index contributed by atoms with van der Waals surface area (Å²) in [5.74, 6) is -0.0999. The summed E-state index contributed by atoms with van der Waals surface area (Å²) in [6.45, 7) is 5.60. The van der Waals surface area contributed by atoms with Crippen molar-refractivity contribution in [3.05, 3.63) is 35.4 Å². The highest BCUT2D eigenvalue weighted by Gasteiger charge is 2.62. The number of carbonyl (C=O) groups is 1. The van der Waals surface area contributed by atoms with E-state index in [1.54, 1.807) is 13.1 Å². The molecular formula is C25H33F2N3O3. The summed E-state index contributed by atoms with van der Waals surface area (Å²) < 4.78 is 37.4. The number of Topliss-reactive ketones (excluding diaryl/α,β-unsaturated/α-hetero) is 1. The number of nitrogens with zero attached hydrogens (tertiary/aromatic N) is 3. The molecule has 0 bridgehead atoms. The number of alkyl halides is 2. The van der Waals surface area contributed by atoms with Gasteiger partial charge >= 0.3 is 5.92 Å².